The number of nitrogens with one attached hydrogen (secondary N) is 1. The Morgan fingerprint density at radius 1 is 1.17 bits per heavy atom. The number of rotatable bonds is 10. The van der Waals surface area contributed by atoms with Crippen molar-refractivity contribution in [1.82, 2.24) is 10.2 Å². The molecule has 1 aliphatic rings. The van der Waals surface area contributed by atoms with E-state index in [1.807, 2.05) is 0 Å². The lowest BCUT2D eigenvalue weighted by molar-refractivity contribution is 0.195. The van der Waals surface area contributed by atoms with E-state index >= 15 is 0 Å². The Bertz CT molecular complexity index is 211. The van der Waals surface area contributed by atoms with Gasteiger partial charge < -0.3 is 5.32 Å². The van der Waals surface area contributed by atoms with Crippen LogP contribution in [0.1, 0.15) is 60.3 Å². The maximum absolute atomic E-state index is 3.69. The first-order valence-corrected chi connectivity index (χ1v) is 8.05. The van der Waals surface area contributed by atoms with Crippen molar-refractivity contribution in [3.05, 3.63) is 0 Å². The molecule has 0 saturated heterocycles. The number of likely N-dealkylation sites (N-methyl/N-ethyl adjacent to an activating group) is 1. The summed E-state index contributed by atoms with van der Waals surface area (Å²) in [6.45, 7) is 15.2. The van der Waals surface area contributed by atoms with E-state index < -0.39 is 0 Å². The molecule has 0 aromatic rings. The molecule has 0 bridgehead atoms. The van der Waals surface area contributed by atoms with Crippen LogP contribution in [0.4, 0.5) is 0 Å². The smallest absolute Gasteiger partial charge is 0.0220 e. The lowest BCUT2D eigenvalue weighted by Gasteiger charge is -2.31. The third kappa shape index (κ3) is 5.71. The van der Waals surface area contributed by atoms with Crippen LogP contribution < -0.4 is 5.32 Å². The number of hydrogen-bond donors (Lipinski definition) is 1. The van der Waals surface area contributed by atoms with Crippen molar-refractivity contribution in [2.75, 3.05) is 19.6 Å². The SMILES string of the molecule is CCNC(CN(CCC(C)C)C1CC1)C(C)CC. The van der Waals surface area contributed by atoms with Gasteiger partial charge in [0.1, 0.15) is 0 Å². The summed E-state index contributed by atoms with van der Waals surface area (Å²) in [6.07, 6.45) is 5.48. The molecule has 1 fully saturated rings. The van der Waals surface area contributed by atoms with Gasteiger partial charge in [0.25, 0.3) is 0 Å². The molecular weight excluding hydrogens is 220 g/mol. The fraction of sp³-hybridized carbons (Fsp3) is 1.00. The second kappa shape index (κ2) is 8.16. The van der Waals surface area contributed by atoms with Crippen molar-refractivity contribution < 1.29 is 0 Å². The molecule has 2 unspecified atom stereocenters. The molecular formula is C16H34N2. The van der Waals surface area contributed by atoms with Crippen LogP contribution >= 0.6 is 0 Å². The summed E-state index contributed by atoms with van der Waals surface area (Å²) in [7, 11) is 0. The zero-order valence-electron chi connectivity index (χ0n) is 13.2. The van der Waals surface area contributed by atoms with Crippen LogP contribution in [0.25, 0.3) is 0 Å². The van der Waals surface area contributed by atoms with Crippen LogP contribution in [0.5, 0.6) is 0 Å². The van der Waals surface area contributed by atoms with Crippen molar-refractivity contribution >= 4 is 0 Å². The predicted octanol–water partition coefficient (Wildman–Crippen LogP) is 3.52. The Morgan fingerprint density at radius 2 is 1.83 bits per heavy atom. The third-order valence-corrected chi connectivity index (χ3v) is 4.29. The van der Waals surface area contributed by atoms with Gasteiger partial charge in [-0.05, 0) is 44.2 Å². The van der Waals surface area contributed by atoms with Gasteiger partial charge >= 0.3 is 0 Å². The van der Waals surface area contributed by atoms with E-state index in [1.165, 1.54) is 38.8 Å². The second-order valence-electron chi connectivity index (χ2n) is 6.46. The van der Waals surface area contributed by atoms with Crippen LogP contribution in [0, 0.1) is 11.8 Å². The van der Waals surface area contributed by atoms with Gasteiger partial charge in [-0.25, -0.2) is 0 Å². The molecule has 2 nitrogen and oxygen atoms in total. The summed E-state index contributed by atoms with van der Waals surface area (Å²) in [5, 5.41) is 3.69. The summed E-state index contributed by atoms with van der Waals surface area (Å²) >= 11 is 0. The van der Waals surface area contributed by atoms with Gasteiger partial charge in [-0.3, -0.25) is 4.90 Å². The summed E-state index contributed by atoms with van der Waals surface area (Å²) in [5.74, 6) is 1.61. The topological polar surface area (TPSA) is 15.3 Å². The molecule has 0 aliphatic heterocycles. The second-order valence-corrected chi connectivity index (χ2v) is 6.46. The first-order valence-electron chi connectivity index (χ1n) is 8.05. The van der Waals surface area contributed by atoms with Crippen molar-refractivity contribution in [2.24, 2.45) is 11.8 Å². The molecule has 108 valence electrons. The Morgan fingerprint density at radius 3 is 2.28 bits per heavy atom. The van der Waals surface area contributed by atoms with Gasteiger partial charge in [-0.2, -0.15) is 0 Å². The van der Waals surface area contributed by atoms with E-state index in [1.54, 1.807) is 0 Å². The zero-order valence-corrected chi connectivity index (χ0v) is 13.2. The molecule has 0 aromatic heterocycles. The Hall–Kier alpha value is -0.0800. The monoisotopic (exact) mass is 254 g/mol. The lowest BCUT2D eigenvalue weighted by atomic mass is 9.98. The first kappa shape index (κ1) is 16.0. The van der Waals surface area contributed by atoms with E-state index in [0.717, 1.165) is 24.4 Å². The average Bonchev–Trinajstić information content (AvgIpc) is 3.16. The lowest BCUT2D eigenvalue weighted by Crippen LogP contribution is -2.46. The summed E-state index contributed by atoms with van der Waals surface area (Å²) < 4.78 is 0. The van der Waals surface area contributed by atoms with Crippen molar-refractivity contribution in [1.29, 1.82) is 0 Å². The van der Waals surface area contributed by atoms with Crippen molar-refractivity contribution in [3.8, 4) is 0 Å². The van der Waals surface area contributed by atoms with Gasteiger partial charge in [0.2, 0.25) is 0 Å². The first-order chi connectivity index (χ1) is 8.58. The highest BCUT2D eigenvalue weighted by Crippen LogP contribution is 2.28. The third-order valence-electron chi connectivity index (χ3n) is 4.29. The molecule has 18 heavy (non-hydrogen) atoms. The highest BCUT2D eigenvalue weighted by atomic mass is 15.2. The van der Waals surface area contributed by atoms with Crippen LogP contribution in [-0.2, 0) is 0 Å². The molecule has 0 radical (unpaired) electrons. The fourth-order valence-corrected chi connectivity index (χ4v) is 2.53. The highest BCUT2D eigenvalue weighted by molar-refractivity contribution is 4.88. The fourth-order valence-electron chi connectivity index (χ4n) is 2.53. The Kier molecular flexibility index (Phi) is 7.25. The average molecular weight is 254 g/mol. The van der Waals surface area contributed by atoms with E-state index in [4.69, 9.17) is 0 Å². The minimum Gasteiger partial charge on any atom is -0.313 e. The van der Waals surface area contributed by atoms with Gasteiger partial charge in [-0.1, -0.05) is 41.0 Å². The largest absolute Gasteiger partial charge is 0.313 e. The van der Waals surface area contributed by atoms with Gasteiger partial charge in [0.05, 0.1) is 0 Å². The van der Waals surface area contributed by atoms with Crippen LogP contribution in [0.15, 0.2) is 0 Å². The minimum absolute atomic E-state index is 0.674. The number of nitrogens with zero attached hydrogens (tertiary/aromatic N) is 1. The maximum atomic E-state index is 3.69. The van der Waals surface area contributed by atoms with Crippen molar-refractivity contribution in [3.63, 3.8) is 0 Å². The normalized spacial score (nSPS) is 19.5. The Labute approximate surface area is 115 Å². The van der Waals surface area contributed by atoms with Gasteiger partial charge in [0, 0.05) is 18.6 Å². The molecule has 0 amide bonds. The predicted molar refractivity (Wildman–Crippen MR) is 81.0 cm³/mol. The highest BCUT2D eigenvalue weighted by Gasteiger charge is 2.31. The van der Waals surface area contributed by atoms with E-state index in [2.05, 4.69) is 44.8 Å². The number of hydrogen-bond acceptors (Lipinski definition) is 2. The van der Waals surface area contributed by atoms with E-state index in [9.17, 15) is 0 Å². The molecule has 1 saturated carbocycles. The maximum Gasteiger partial charge on any atom is 0.0220 e. The molecule has 0 heterocycles. The van der Waals surface area contributed by atoms with Gasteiger partial charge in [-0.15, -0.1) is 0 Å². The van der Waals surface area contributed by atoms with E-state index in [-0.39, 0.29) is 0 Å². The molecule has 1 rings (SSSR count). The van der Waals surface area contributed by atoms with Crippen LogP contribution in [0.2, 0.25) is 0 Å². The van der Waals surface area contributed by atoms with Crippen LogP contribution in [0.3, 0.4) is 0 Å². The molecule has 2 heteroatoms. The van der Waals surface area contributed by atoms with Gasteiger partial charge in [0.15, 0.2) is 0 Å². The summed E-state index contributed by atoms with van der Waals surface area (Å²) in [5.41, 5.74) is 0. The standard InChI is InChI=1S/C16H34N2/c1-6-14(5)16(17-7-2)12-18(15-8-9-15)11-10-13(3)4/h13-17H,6-12H2,1-5H3. The van der Waals surface area contributed by atoms with Crippen LogP contribution in [-0.4, -0.2) is 36.6 Å². The van der Waals surface area contributed by atoms with Crippen molar-refractivity contribution in [2.45, 2.75) is 72.4 Å². The molecule has 1 N–H and O–H groups in total. The quantitative estimate of drug-likeness (QED) is 0.642. The molecule has 0 spiro atoms. The molecule has 1 aliphatic carbocycles. The zero-order chi connectivity index (χ0) is 13.5. The summed E-state index contributed by atoms with van der Waals surface area (Å²) in [4.78, 5) is 2.75. The molecule has 2 atom stereocenters. The van der Waals surface area contributed by atoms with E-state index in [0.29, 0.717) is 6.04 Å². The summed E-state index contributed by atoms with van der Waals surface area (Å²) in [6, 6.07) is 1.57. The minimum atomic E-state index is 0.674. The Balaban J connectivity index is 2.45. The molecule has 0 aromatic carbocycles.